The molecule has 1 fully saturated rings. The van der Waals surface area contributed by atoms with Crippen molar-refractivity contribution in [3.63, 3.8) is 0 Å². The second-order valence-corrected chi connectivity index (χ2v) is 5.61. The van der Waals surface area contributed by atoms with Crippen LogP contribution in [0.4, 0.5) is 5.69 Å². The fourth-order valence-electron chi connectivity index (χ4n) is 2.80. The van der Waals surface area contributed by atoms with Crippen molar-refractivity contribution in [2.45, 2.75) is 32.8 Å². The molecule has 21 heavy (non-hydrogen) atoms. The van der Waals surface area contributed by atoms with Crippen LogP contribution in [-0.4, -0.2) is 18.1 Å². The van der Waals surface area contributed by atoms with Gasteiger partial charge < -0.3 is 9.64 Å². The Bertz CT molecular complexity index is 577. The number of benzene rings is 1. The Labute approximate surface area is 126 Å². The number of anilines is 1. The van der Waals surface area contributed by atoms with E-state index in [1.807, 2.05) is 30.3 Å². The zero-order valence-electron chi connectivity index (χ0n) is 12.6. The quantitative estimate of drug-likeness (QED) is 0.848. The average Bonchev–Trinajstić information content (AvgIpc) is 2.54. The van der Waals surface area contributed by atoms with Crippen LogP contribution in [0, 0.1) is 6.92 Å². The summed E-state index contributed by atoms with van der Waals surface area (Å²) in [5.41, 5.74) is 3.35. The minimum Gasteiger partial charge on any atom is -0.487 e. The Kier molecular flexibility index (Phi) is 4.39. The van der Waals surface area contributed by atoms with E-state index in [4.69, 9.17) is 4.74 Å². The number of pyridine rings is 1. The normalized spacial score (nSPS) is 15.0. The average molecular weight is 282 g/mol. The lowest BCUT2D eigenvalue weighted by Gasteiger charge is -2.29. The summed E-state index contributed by atoms with van der Waals surface area (Å²) in [4.78, 5) is 7.05. The van der Waals surface area contributed by atoms with Gasteiger partial charge in [-0.25, -0.2) is 0 Å². The molecule has 3 heteroatoms. The van der Waals surface area contributed by atoms with E-state index in [0.29, 0.717) is 6.61 Å². The van der Waals surface area contributed by atoms with Crippen LogP contribution < -0.4 is 9.64 Å². The minimum atomic E-state index is 0.520. The SMILES string of the molecule is Cc1cc(N2CCCCC2)cc(COc2ccccc2)n1. The van der Waals surface area contributed by atoms with Gasteiger partial charge in [0, 0.05) is 24.5 Å². The van der Waals surface area contributed by atoms with Gasteiger partial charge in [0.25, 0.3) is 0 Å². The Morgan fingerprint density at radius 3 is 2.57 bits per heavy atom. The molecular formula is C18H22N2O. The van der Waals surface area contributed by atoms with Crippen LogP contribution in [0.5, 0.6) is 5.75 Å². The number of aryl methyl sites for hydroxylation is 1. The molecule has 1 aliphatic heterocycles. The van der Waals surface area contributed by atoms with E-state index in [0.717, 1.165) is 30.2 Å². The summed E-state index contributed by atoms with van der Waals surface area (Å²) in [6.07, 6.45) is 3.93. The number of rotatable bonds is 4. The van der Waals surface area contributed by atoms with Crippen molar-refractivity contribution in [2.24, 2.45) is 0 Å². The third kappa shape index (κ3) is 3.75. The molecule has 0 atom stereocenters. The lowest BCUT2D eigenvalue weighted by Crippen LogP contribution is -2.29. The first-order chi connectivity index (χ1) is 10.3. The Morgan fingerprint density at radius 2 is 1.81 bits per heavy atom. The molecule has 1 aromatic carbocycles. The highest BCUT2D eigenvalue weighted by atomic mass is 16.5. The molecule has 0 spiro atoms. The van der Waals surface area contributed by atoms with Gasteiger partial charge >= 0.3 is 0 Å². The predicted molar refractivity (Wildman–Crippen MR) is 85.8 cm³/mol. The highest BCUT2D eigenvalue weighted by molar-refractivity contribution is 5.48. The molecule has 1 aliphatic rings. The van der Waals surface area contributed by atoms with Crippen molar-refractivity contribution in [1.82, 2.24) is 4.98 Å². The third-order valence-corrected chi connectivity index (χ3v) is 3.84. The monoisotopic (exact) mass is 282 g/mol. The lowest BCUT2D eigenvalue weighted by atomic mass is 10.1. The molecule has 3 rings (SSSR count). The molecule has 2 heterocycles. The van der Waals surface area contributed by atoms with E-state index in [-0.39, 0.29) is 0 Å². The zero-order chi connectivity index (χ0) is 14.5. The number of hydrogen-bond acceptors (Lipinski definition) is 3. The van der Waals surface area contributed by atoms with E-state index in [1.54, 1.807) is 0 Å². The maximum absolute atomic E-state index is 5.81. The Hall–Kier alpha value is -2.03. The topological polar surface area (TPSA) is 25.4 Å². The first-order valence-corrected chi connectivity index (χ1v) is 7.72. The molecule has 0 aliphatic carbocycles. The summed E-state index contributed by atoms with van der Waals surface area (Å²) in [5, 5.41) is 0. The fourth-order valence-corrected chi connectivity index (χ4v) is 2.80. The summed E-state index contributed by atoms with van der Waals surface area (Å²) in [7, 11) is 0. The molecule has 0 unspecified atom stereocenters. The third-order valence-electron chi connectivity index (χ3n) is 3.84. The van der Waals surface area contributed by atoms with E-state index >= 15 is 0 Å². The smallest absolute Gasteiger partial charge is 0.130 e. The molecule has 110 valence electrons. The van der Waals surface area contributed by atoms with Crippen molar-refractivity contribution in [3.05, 3.63) is 53.9 Å². The second-order valence-electron chi connectivity index (χ2n) is 5.61. The highest BCUT2D eigenvalue weighted by Crippen LogP contribution is 2.22. The van der Waals surface area contributed by atoms with E-state index in [1.165, 1.54) is 24.9 Å². The number of ether oxygens (including phenoxy) is 1. The summed E-state index contributed by atoms with van der Waals surface area (Å²) in [6, 6.07) is 14.3. The number of piperidine rings is 1. The molecule has 1 saturated heterocycles. The van der Waals surface area contributed by atoms with Gasteiger partial charge in [-0.15, -0.1) is 0 Å². The number of hydrogen-bond donors (Lipinski definition) is 0. The standard InChI is InChI=1S/C18H22N2O/c1-15-12-17(20-10-6-3-7-11-20)13-16(19-15)14-21-18-8-4-2-5-9-18/h2,4-5,8-9,12-13H,3,6-7,10-11,14H2,1H3. The fraction of sp³-hybridized carbons (Fsp3) is 0.389. The summed E-state index contributed by atoms with van der Waals surface area (Å²) in [6.45, 7) is 4.89. The molecular weight excluding hydrogens is 260 g/mol. The predicted octanol–water partition coefficient (Wildman–Crippen LogP) is 3.96. The molecule has 2 aromatic rings. The van der Waals surface area contributed by atoms with Crippen LogP contribution in [0.2, 0.25) is 0 Å². The van der Waals surface area contributed by atoms with Crippen LogP contribution in [0.3, 0.4) is 0 Å². The summed E-state index contributed by atoms with van der Waals surface area (Å²) < 4.78 is 5.81. The lowest BCUT2D eigenvalue weighted by molar-refractivity contribution is 0.301. The maximum Gasteiger partial charge on any atom is 0.130 e. The Balaban J connectivity index is 1.71. The van der Waals surface area contributed by atoms with Crippen molar-refractivity contribution in [3.8, 4) is 5.75 Å². The van der Waals surface area contributed by atoms with Gasteiger partial charge in [0.2, 0.25) is 0 Å². The summed E-state index contributed by atoms with van der Waals surface area (Å²) >= 11 is 0. The largest absolute Gasteiger partial charge is 0.487 e. The van der Waals surface area contributed by atoms with E-state index in [2.05, 4.69) is 28.9 Å². The number of aromatic nitrogens is 1. The van der Waals surface area contributed by atoms with Gasteiger partial charge in [-0.1, -0.05) is 18.2 Å². The number of para-hydroxylation sites is 1. The molecule has 1 aromatic heterocycles. The summed E-state index contributed by atoms with van der Waals surface area (Å²) in [5.74, 6) is 0.889. The van der Waals surface area contributed by atoms with Gasteiger partial charge in [0.1, 0.15) is 12.4 Å². The van der Waals surface area contributed by atoms with Crippen molar-refractivity contribution >= 4 is 5.69 Å². The second kappa shape index (κ2) is 6.61. The van der Waals surface area contributed by atoms with Crippen molar-refractivity contribution in [2.75, 3.05) is 18.0 Å². The van der Waals surface area contributed by atoms with E-state index < -0.39 is 0 Å². The molecule has 0 saturated carbocycles. The molecule has 0 N–H and O–H groups in total. The van der Waals surface area contributed by atoms with Gasteiger partial charge in [-0.05, 0) is 50.5 Å². The van der Waals surface area contributed by atoms with Crippen molar-refractivity contribution < 1.29 is 4.74 Å². The Morgan fingerprint density at radius 1 is 1.05 bits per heavy atom. The number of nitrogens with zero attached hydrogens (tertiary/aromatic N) is 2. The molecule has 3 nitrogen and oxygen atoms in total. The highest BCUT2D eigenvalue weighted by Gasteiger charge is 2.12. The van der Waals surface area contributed by atoms with Gasteiger partial charge in [0.15, 0.2) is 0 Å². The van der Waals surface area contributed by atoms with Crippen LogP contribution >= 0.6 is 0 Å². The molecule has 0 amide bonds. The van der Waals surface area contributed by atoms with Gasteiger partial charge in [0.05, 0.1) is 5.69 Å². The zero-order valence-corrected chi connectivity index (χ0v) is 12.6. The molecule has 0 radical (unpaired) electrons. The minimum absolute atomic E-state index is 0.520. The maximum atomic E-state index is 5.81. The van der Waals surface area contributed by atoms with Crippen molar-refractivity contribution in [1.29, 1.82) is 0 Å². The van der Waals surface area contributed by atoms with Crippen LogP contribution in [-0.2, 0) is 6.61 Å². The first-order valence-electron chi connectivity index (χ1n) is 7.72. The molecule has 0 bridgehead atoms. The first kappa shape index (κ1) is 13.9. The van der Waals surface area contributed by atoms with Crippen LogP contribution in [0.15, 0.2) is 42.5 Å². The van der Waals surface area contributed by atoms with Crippen LogP contribution in [0.1, 0.15) is 30.7 Å². The van der Waals surface area contributed by atoms with E-state index in [9.17, 15) is 0 Å². The van der Waals surface area contributed by atoms with Crippen LogP contribution in [0.25, 0.3) is 0 Å². The van der Waals surface area contributed by atoms with Gasteiger partial charge in [-0.3, -0.25) is 4.98 Å². The van der Waals surface area contributed by atoms with Gasteiger partial charge in [-0.2, -0.15) is 0 Å².